The van der Waals surface area contributed by atoms with Gasteiger partial charge in [0.25, 0.3) is 0 Å². The summed E-state index contributed by atoms with van der Waals surface area (Å²) in [4.78, 5) is 33.9. The van der Waals surface area contributed by atoms with E-state index in [0.29, 0.717) is 18.9 Å². The second kappa shape index (κ2) is 12.5. The summed E-state index contributed by atoms with van der Waals surface area (Å²) in [5.74, 6) is 0.197. The minimum atomic E-state index is -0.290. The number of nitrogens with zero attached hydrogens (tertiary/aromatic N) is 3. The fourth-order valence-corrected chi connectivity index (χ4v) is 2.09. The van der Waals surface area contributed by atoms with Gasteiger partial charge in [-0.15, -0.1) is 24.0 Å². The summed E-state index contributed by atoms with van der Waals surface area (Å²) >= 11 is 0. The van der Waals surface area contributed by atoms with Crippen LogP contribution in [0.15, 0.2) is 29.4 Å². The molecule has 1 aromatic rings. The fourth-order valence-electron chi connectivity index (χ4n) is 2.09. The van der Waals surface area contributed by atoms with Gasteiger partial charge in [0.15, 0.2) is 5.96 Å². The normalized spacial score (nSPS) is 11.2. The molecule has 0 aliphatic rings. The number of hydrogen-bond acceptors (Lipinski definition) is 4. The second-order valence-electron chi connectivity index (χ2n) is 6.96. The van der Waals surface area contributed by atoms with Crippen molar-refractivity contribution in [3.63, 3.8) is 0 Å². The highest BCUT2D eigenvalue weighted by Gasteiger charge is 2.14. The Morgan fingerprint density at radius 3 is 2.41 bits per heavy atom. The van der Waals surface area contributed by atoms with Crippen molar-refractivity contribution in [3.8, 4) is 0 Å². The summed E-state index contributed by atoms with van der Waals surface area (Å²) in [6.07, 6.45) is 2.44. The average molecular weight is 490 g/mol. The Kier molecular flexibility index (Phi) is 11.6. The number of hydrogen-bond donors (Lipinski definition) is 3. The molecule has 0 fully saturated rings. The summed E-state index contributed by atoms with van der Waals surface area (Å²) in [7, 11) is 3.34. The Bertz CT molecular complexity index is 616. The van der Waals surface area contributed by atoms with Crippen molar-refractivity contribution in [1.82, 2.24) is 25.8 Å². The fraction of sp³-hybridized carbons (Fsp3) is 0.556. The maximum Gasteiger partial charge on any atom is 0.241 e. The van der Waals surface area contributed by atoms with Gasteiger partial charge in [-0.25, -0.2) is 0 Å². The van der Waals surface area contributed by atoms with E-state index in [1.807, 2.05) is 39.0 Å². The van der Waals surface area contributed by atoms with Gasteiger partial charge in [-0.3, -0.25) is 19.6 Å². The van der Waals surface area contributed by atoms with Gasteiger partial charge in [0.2, 0.25) is 11.8 Å². The number of rotatable bonds is 7. The topological polar surface area (TPSA) is 98.7 Å². The molecule has 8 nitrogen and oxygen atoms in total. The van der Waals surface area contributed by atoms with Gasteiger partial charge in [-0.2, -0.15) is 0 Å². The van der Waals surface area contributed by atoms with Gasteiger partial charge < -0.3 is 20.9 Å². The van der Waals surface area contributed by atoms with Crippen molar-refractivity contribution >= 4 is 41.8 Å². The minimum Gasteiger partial charge on any atom is -0.350 e. The van der Waals surface area contributed by atoms with Crippen molar-refractivity contribution in [3.05, 3.63) is 30.1 Å². The van der Waals surface area contributed by atoms with Crippen molar-refractivity contribution in [2.24, 2.45) is 4.99 Å². The number of aromatic nitrogens is 1. The lowest BCUT2D eigenvalue weighted by Crippen LogP contribution is -2.49. The number of aliphatic imine (C=N–C) groups is 1. The molecule has 27 heavy (non-hydrogen) atoms. The van der Waals surface area contributed by atoms with Crippen LogP contribution in [0, 0.1) is 0 Å². The highest BCUT2D eigenvalue weighted by molar-refractivity contribution is 14.0. The molecular weight excluding hydrogens is 459 g/mol. The number of carbonyl (C=O) groups excluding carboxylic acids is 2. The maximum atomic E-state index is 12.2. The molecule has 0 aromatic carbocycles. The molecule has 0 aliphatic carbocycles. The largest absolute Gasteiger partial charge is 0.350 e. The minimum absolute atomic E-state index is 0. The Morgan fingerprint density at radius 1 is 1.19 bits per heavy atom. The predicted molar refractivity (Wildman–Crippen MR) is 118 cm³/mol. The Morgan fingerprint density at radius 2 is 1.85 bits per heavy atom. The van der Waals surface area contributed by atoms with Crippen LogP contribution in [0.4, 0.5) is 0 Å². The van der Waals surface area contributed by atoms with E-state index >= 15 is 0 Å². The van der Waals surface area contributed by atoms with Gasteiger partial charge in [-0.05, 0) is 32.9 Å². The van der Waals surface area contributed by atoms with Gasteiger partial charge in [0.05, 0.1) is 13.1 Å². The smallest absolute Gasteiger partial charge is 0.241 e. The predicted octanol–water partition coefficient (Wildman–Crippen LogP) is 0.780. The molecule has 0 aliphatic heterocycles. The number of guanidine groups is 1. The standard InChI is InChI=1S/C18H30N6O2.HI/c1-18(2,3)23-15(25)12-21-17(19-4)22-13-16(26)24(5)11-9-14-8-6-7-10-20-14;/h6-8,10H,9,11-13H2,1-5H3,(H,23,25)(H2,19,21,22);1H. The van der Waals surface area contributed by atoms with Crippen LogP contribution in [0.5, 0.6) is 0 Å². The van der Waals surface area contributed by atoms with Crippen molar-refractivity contribution in [2.45, 2.75) is 32.7 Å². The molecule has 1 aromatic heterocycles. The Labute approximate surface area is 178 Å². The van der Waals surface area contributed by atoms with Crippen molar-refractivity contribution < 1.29 is 9.59 Å². The molecule has 0 saturated heterocycles. The molecular formula is C18H31IN6O2. The SMILES string of the molecule is CN=C(NCC(=O)NC(C)(C)C)NCC(=O)N(C)CCc1ccccn1.I. The quantitative estimate of drug-likeness (QED) is 0.298. The Balaban J connectivity index is 0.00000676. The number of pyridine rings is 1. The van der Waals surface area contributed by atoms with E-state index in [0.717, 1.165) is 5.69 Å². The van der Waals surface area contributed by atoms with E-state index in [1.54, 1.807) is 25.2 Å². The Hall–Kier alpha value is -1.91. The first-order chi connectivity index (χ1) is 12.2. The van der Waals surface area contributed by atoms with Crippen molar-refractivity contribution in [1.29, 1.82) is 0 Å². The zero-order chi connectivity index (χ0) is 19.6. The van der Waals surface area contributed by atoms with Crippen LogP contribution < -0.4 is 16.0 Å². The van der Waals surface area contributed by atoms with Crippen LogP contribution in [0.1, 0.15) is 26.5 Å². The lowest BCUT2D eigenvalue weighted by molar-refractivity contribution is -0.128. The number of halogens is 1. The molecule has 0 atom stereocenters. The molecule has 9 heteroatoms. The van der Waals surface area contributed by atoms with Crippen LogP contribution >= 0.6 is 24.0 Å². The third kappa shape index (κ3) is 11.4. The first-order valence-electron chi connectivity index (χ1n) is 8.60. The zero-order valence-electron chi connectivity index (χ0n) is 16.7. The van der Waals surface area contributed by atoms with Gasteiger partial charge in [-0.1, -0.05) is 6.07 Å². The molecule has 0 saturated carbocycles. The molecule has 1 rings (SSSR count). The number of amides is 2. The lowest BCUT2D eigenvalue weighted by Gasteiger charge is -2.21. The molecule has 1 heterocycles. The van der Waals surface area contributed by atoms with Gasteiger partial charge in [0, 0.05) is 44.5 Å². The lowest BCUT2D eigenvalue weighted by atomic mass is 10.1. The molecule has 0 bridgehead atoms. The molecule has 2 amide bonds. The van der Waals surface area contributed by atoms with Gasteiger partial charge >= 0.3 is 0 Å². The van der Waals surface area contributed by atoms with Crippen LogP contribution in [0.25, 0.3) is 0 Å². The number of nitrogens with one attached hydrogen (secondary N) is 3. The van der Waals surface area contributed by atoms with Crippen molar-refractivity contribution in [2.75, 3.05) is 33.7 Å². The molecule has 3 N–H and O–H groups in total. The first-order valence-corrected chi connectivity index (χ1v) is 8.60. The van der Waals surface area contributed by atoms with Crippen LogP contribution in [0.2, 0.25) is 0 Å². The first kappa shape index (κ1) is 25.1. The highest BCUT2D eigenvalue weighted by Crippen LogP contribution is 1.97. The maximum absolute atomic E-state index is 12.2. The van der Waals surface area contributed by atoms with E-state index in [-0.39, 0.29) is 54.4 Å². The summed E-state index contributed by atoms with van der Waals surface area (Å²) < 4.78 is 0. The van der Waals surface area contributed by atoms with E-state index < -0.39 is 0 Å². The number of carbonyl (C=O) groups is 2. The van der Waals surface area contributed by atoms with Crippen LogP contribution in [-0.4, -0.2) is 66.9 Å². The van der Waals surface area contributed by atoms with Gasteiger partial charge in [0.1, 0.15) is 0 Å². The summed E-state index contributed by atoms with van der Waals surface area (Å²) in [5, 5.41) is 8.66. The summed E-state index contributed by atoms with van der Waals surface area (Å²) in [5.41, 5.74) is 0.657. The molecule has 152 valence electrons. The second-order valence-corrected chi connectivity index (χ2v) is 6.96. The third-order valence-electron chi connectivity index (χ3n) is 3.42. The third-order valence-corrected chi connectivity index (χ3v) is 3.42. The van der Waals surface area contributed by atoms with E-state index in [1.165, 1.54) is 0 Å². The number of likely N-dealkylation sites (N-methyl/N-ethyl adjacent to an activating group) is 1. The monoisotopic (exact) mass is 490 g/mol. The van der Waals surface area contributed by atoms with E-state index in [4.69, 9.17) is 0 Å². The molecule has 0 spiro atoms. The average Bonchev–Trinajstić information content (AvgIpc) is 2.58. The van der Waals surface area contributed by atoms with E-state index in [9.17, 15) is 9.59 Å². The highest BCUT2D eigenvalue weighted by atomic mass is 127. The van der Waals surface area contributed by atoms with E-state index in [2.05, 4.69) is 25.9 Å². The summed E-state index contributed by atoms with van der Waals surface area (Å²) in [6.45, 7) is 6.50. The van der Waals surface area contributed by atoms with Crippen LogP contribution in [0.3, 0.4) is 0 Å². The van der Waals surface area contributed by atoms with Crippen LogP contribution in [-0.2, 0) is 16.0 Å². The summed E-state index contributed by atoms with van der Waals surface area (Å²) in [6, 6.07) is 5.73. The molecule has 0 radical (unpaired) electrons. The molecule has 0 unspecified atom stereocenters. The zero-order valence-corrected chi connectivity index (χ0v) is 19.0.